The molecule has 37 heavy (non-hydrogen) atoms. The zero-order valence-corrected chi connectivity index (χ0v) is 20.8. The summed E-state index contributed by atoms with van der Waals surface area (Å²) in [5, 5.41) is 11.7. The van der Waals surface area contributed by atoms with E-state index in [1.165, 1.54) is 0 Å². The fourth-order valence-electron chi connectivity index (χ4n) is 4.54. The van der Waals surface area contributed by atoms with E-state index in [0.29, 0.717) is 58.5 Å². The van der Waals surface area contributed by atoms with Gasteiger partial charge in [0, 0.05) is 28.4 Å². The highest BCUT2D eigenvalue weighted by Crippen LogP contribution is 2.40. The van der Waals surface area contributed by atoms with Crippen LogP contribution < -0.4 is 20.1 Å². The lowest BCUT2D eigenvalue weighted by Crippen LogP contribution is -2.31. The second-order valence-corrected chi connectivity index (χ2v) is 9.29. The molecular formula is C28H24ClN5O3. The third-order valence-corrected chi connectivity index (χ3v) is 6.57. The van der Waals surface area contributed by atoms with Gasteiger partial charge in [-0.3, -0.25) is 4.79 Å². The first-order valence-corrected chi connectivity index (χ1v) is 12.4. The lowest BCUT2D eigenvalue weighted by atomic mass is 9.94. The van der Waals surface area contributed by atoms with Gasteiger partial charge in [-0.2, -0.15) is 4.98 Å². The van der Waals surface area contributed by atoms with E-state index in [1.54, 1.807) is 28.9 Å². The van der Waals surface area contributed by atoms with Crippen LogP contribution in [0.2, 0.25) is 5.02 Å². The molecule has 1 aromatic heterocycles. The average molecular weight is 514 g/mol. The average Bonchev–Trinajstić information content (AvgIpc) is 3.19. The van der Waals surface area contributed by atoms with Crippen LogP contribution in [0.4, 0.5) is 11.6 Å². The second kappa shape index (κ2) is 9.63. The first-order valence-electron chi connectivity index (χ1n) is 12.0. The number of ether oxygens (including phenoxy) is 2. The topological polar surface area (TPSA) is 90.3 Å². The minimum Gasteiger partial charge on any atom is -0.490 e. The van der Waals surface area contributed by atoms with Crippen LogP contribution >= 0.6 is 11.6 Å². The number of fused-ring (bicyclic) bond motifs is 2. The van der Waals surface area contributed by atoms with E-state index in [2.05, 4.69) is 10.6 Å². The lowest BCUT2D eigenvalue weighted by Gasteiger charge is -2.29. The van der Waals surface area contributed by atoms with Gasteiger partial charge in [0.25, 0.3) is 5.91 Å². The monoisotopic (exact) mass is 513 g/mol. The van der Waals surface area contributed by atoms with E-state index in [9.17, 15) is 4.79 Å². The van der Waals surface area contributed by atoms with E-state index in [-0.39, 0.29) is 5.91 Å². The number of halogens is 1. The largest absolute Gasteiger partial charge is 0.490 e. The lowest BCUT2D eigenvalue weighted by molar-refractivity contribution is -0.113. The van der Waals surface area contributed by atoms with E-state index in [4.69, 9.17) is 31.2 Å². The van der Waals surface area contributed by atoms with Crippen molar-refractivity contribution in [3.63, 3.8) is 0 Å². The van der Waals surface area contributed by atoms with Gasteiger partial charge in [0.05, 0.1) is 18.8 Å². The number of carbonyl (C=O) groups excluding carboxylic acids is 1. The molecule has 0 aliphatic carbocycles. The van der Waals surface area contributed by atoms with Gasteiger partial charge < -0.3 is 20.1 Å². The van der Waals surface area contributed by atoms with Crippen molar-refractivity contribution < 1.29 is 14.3 Å². The standard InChI is InChI=1S/C28H24ClN5O3/c1-17-24(27(35)31-21-11-9-20(29)10-12-21)25(19-8-13-22-23(16-19)37-15-5-14-36-22)34-28(30-17)32-26(33-34)18-6-3-2-4-7-18/h2-4,6-13,16,25H,5,14-15H2,1H3,(H,31,35)(H,30,32,33). The molecule has 0 saturated carbocycles. The number of rotatable bonds is 4. The number of nitrogens with one attached hydrogen (secondary N) is 2. The van der Waals surface area contributed by atoms with Crippen molar-refractivity contribution in [3.05, 3.63) is 94.7 Å². The normalized spacial score (nSPS) is 16.4. The molecule has 6 rings (SSSR count). The third-order valence-electron chi connectivity index (χ3n) is 6.32. The van der Waals surface area contributed by atoms with Gasteiger partial charge in [0.1, 0.15) is 6.04 Å². The number of hydrogen-bond donors (Lipinski definition) is 2. The fraction of sp³-hybridized carbons (Fsp3) is 0.179. The molecule has 8 nitrogen and oxygen atoms in total. The smallest absolute Gasteiger partial charge is 0.255 e. The Morgan fingerprint density at radius 2 is 1.78 bits per heavy atom. The third kappa shape index (κ3) is 4.51. The summed E-state index contributed by atoms with van der Waals surface area (Å²) >= 11 is 6.03. The van der Waals surface area contributed by atoms with Crippen molar-refractivity contribution in [2.75, 3.05) is 23.8 Å². The molecule has 2 aliphatic rings. The summed E-state index contributed by atoms with van der Waals surface area (Å²) in [7, 11) is 0. The van der Waals surface area contributed by atoms with Crippen LogP contribution in [0.5, 0.6) is 11.5 Å². The van der Waals surface area contributed by atoms with Gasteiger partial charge in [0.2, 0.25) is 5.95 Å². The Morgan fingerprint density at radius 1 is 1.03 bits per heavy atom. The molecule has 0 saturated heterocycles. The molecule has 1 amide bonds. The summed E-state index contributed by atoms with van der Waals surface area (Å²) in [4.78, 5) is 18.5. The highest BCUT2D eigenvalue weighted by atomic mass is 35.5. The van der Waals surface area contributed by atoms with Crippen molar-refractivity contribution in [1.82, 2.24) is 14.8 Å². The van der Waals surface area contributed by atoms with Gasteiger partial charge in [-0.15, -0.1) is 5.10 Å². The fourth-order valence-corrected chi connectivity index (χ4v) is 4.67. The van der Waals surface area contributed by atoms with Gasteiger partial charge in [-0.05, 0) is 48.9 Å². The van der Waals surface area contributed by atoms with E-state index in [1.807, 2.05) is 55.5 Å². The maximum absolute atomic E-state index is 13.7. The van der Waals surface area contributed by atoms with Gasteiger partial charge in [-0.25, -0.2) is 4.68 Å². The Kier molecular flexibility index (Phi) is 6.02. The van der Waals surface area contributed by atoms with Crippen LogP contribution in [-0.4, -0.2) is 33.9 Å². The number of nitrogens with zero attached hydrogens (tertiary/aromatic N) is 3. The van der Waals surface area contributed by atoms with Gasteiger partial charge >= 0.3 is 0 Å². The van der Waals surface area contributed by atoms with Crippen LogP contribution in [0, 0.1) is 0 Å². The predicted octanol–water partition coefficient (Wildman–Crippen LogP) is 5.69. The first-order chi connectivity index (χ1) is 18.1. The minimum absolute atomic E-state index is 0.258. The summed E-state index contributed by atoms with van der Waals surface area (Å²) in [6.45, 7) is 3.03. The maximum atomic E-state index is 13.7. The molecule has 0 bridgehead atoms. The SMILES string of the molecule is CC1=C(C(=O)Nc2ccc(Cl)cc2)C(c2ccc3c(c2)OCCCO3)n2nc(-c3ccccc3)nc2N1. The highest BCUT2D eigenvalue weighted by Gasteiger charge is 2.35. The molecule has 2 N–H and O–H groups in total. The van der Waals surface area contributed by atoms with Crippen LogP contribution in [0.25, 0.3) is 11.4 Å². The molecule has 0 radical (unpaired) electrons. The number of hydrogen-bond acceptors (Lipinski definition) is 6. The number of allylic oxidation sites excluding steroid dienone is 1. The molecule has 1 unspecified atom stereocenters. The molecule has 0 fully saturated rings. The van der Waals surface area contributed by atoms with Crippen molar-refractivity contribution >= 4 is 29.1 Å². The quantitative estimate of drug-likeness (QED) is 0.364. The summed E-state index contributed by atoms with van der Waals surface area (Å²) in [5.41, 5.74) is 3.55. The maximum Gasteiger partial charge on any atom is 0.255 e. The minimum atomic E-state index is -0.550. The molecular weight excluding hydrogens is 490 g/mol. The van der Waals surface area contributed by atoms with E-state index in [0.717, 1.165) is 17.5 Å². The van der Waals surface area contributed by atoms with Gasteiger partial charge in [-0.1, -0.05) is 48.0 Å². The second-order valence-electron chi connectivity index (χ2n) is 8.85. The molecule has 0 spiro atoms. The summed E-state index contributed by atoms with van der Waals surface area (Å²) in [6, 6.07) is 22.0. The Labute approximate surface area is 218 Å². The Balaban J connectivity index is 1.45. The van der Waals surface area contributed by atoms with Crippen LogP contribution in [0.15, 0.2) is 84.1 Å². The first kappa shape index (κ1) is 23.1. The summed E-state index contributed by atoms with van der Waals surface area (Å²) in [6.07, 6.45) is 0.804. The predicted molar refractivity (Wildman–Crippen MR) is 142 cm³/mol. The Morgan fingerprint density at radius 3 is 2.57 bits per heavy atom. The van der Waals surface area contributed by atoms with Crippen LogP contribution in [0.3, 0.4) is 0 Å². The number of amides is 1. The molecule has 3 heterocycles. The van der Waals surface area contributed by atoms with E-state index >= 15 is 0 Å². The molecule has 186 valence electrons. The van der Waals surface area contributed by atoms with Gasteiger partial charge in [0.15, 0.2) is 17.3 Å². The summed E-state index contributed by atoms with van der Waals surface area (Å²) in [5.74, 6) is 2.19. The Bertz CT molecular complexity index is 1500. The summed E-state index contributed by atoms with van der Waals surface area (Å²) < 4.78 is 13.5. The number of aromatic nitrogens is 3. The van der Waals surface area contributed by atoms with Crippen molar-refractivity contribution in [3.8, 4) is 22.9 Å². The van der Waals surface area contributed by atoms with Crippen LogP contribution in [0.1, 0.15) is 24.9 Å². The number of anilines is 2. The van der Waals surface area contributed by atoms with Crippen molar-refractivity contribution in [2.24, 2.45) is 0 Å². The molecule has 2 aliphatic heterocycles. The number of benzene rings is 3. The molecule has 4 aromatic rings. The van der Waals surface area contributed by atoms with E-state index < -0.39 is 6.04 Å². The number of carbonyl (C=O) groups is 1. The molecule has 1 atom stereocenters. The Hall–Kier alpha value is -4.30. The molecule has 3 aromatic carbocycles. The highest BCUT2D eigenvalue weighted by molar-refractivity contribution is 6.30. The molecule has 9 heteroatoms. The van der Waals surface area contributed by atoms with Crippen molar-refractivity contribution in [2.45, 2.75) is 19.4 Å². The van der Waals surface area contributed by atoms with Crippen molar-refractivity contribution in [1.29, 1.82) is 0 Å². The van der Waals surface area contributed by atoms with Crippen LogP contribution in [-0.2, 0) is 4.79 Å². The zero-order chi connectivity index (χ0) is 25.4. The zero-order valence-electron chi connectivity index (χ0n) is 20.1.